The second-order valence-electron chi connectivity index (χ2n) is 5.34. The summed E-state index contributed by atoms with van der Waals surface area (Å²) in [5.41, 5.74) is 0.992. The van der Waals surface area contributed by atoms with Gasteiger partial charge in [-0.3, -0.25) is 4.98 Å². The van der Waals surface area contributed by atoms with E-state index in [0.29, 0.717) is 6.04 Å². The normalized spacial score (nSPS) is 11.2. The molecule has 0 saturated heterocycles. The number of nitrogens with one attached hydrogen (secondary N) is 1. The predicted octanol–water partition coefficient (Wildman–Crippen LogP) is 3.78. The summed E-state index contributed by atoms with van der Waals surface area (Å²) in [6.45, 7) is 6.22. The molecule has 2 aromatic rings. The number of unbranched alkanes of at least 4 members (excludes halogenated alkanes) is 2. The van der Waals surface area contributed by atoms with Gasteiger partial charge in [0.2, 0.25) is 0 Å². The van der Waals surface area contributed by atoms with Crippen LogP contribution in [0, 0.1) is 0 Å². The van der Waals surface area contributed by atoms with Gasteiger partial charge >= 0.3 is 0 Å². The van der Waals surface area contributed by atoms with Crippen molar-refractivity contribution in [3.8, 4) is 5.75 Å². The van der Waals surface area contributed by atoms with Crippen LogP contribution >= 0.6 is 0 Å². The highest BCUT2D eigenvalue weighted by atomic mass is 16.5. The molecule has 0 radical (unpaired) electrons. The molecule has 0 saturated carbocycles. The summed E-state index contributed by atoms with van der Waals surface area (Å²) in [5.74, 6) is 0.941. The molecule has 0 unspecified atom stereocenters. The van der Waals surface area contributed by atoms with Crippen LogP contribution in [0.3, 0.4) is 0 Å². The summed E-state index contributed by atoms with van der Waals surface area (Å²) >= 11 is 0. The SMILES string of the molecule is CC(C)NCCCCCOc1cccc2ncccc12. The molecule has 0 fully saturated rings. The number of ether oxygens (including phenoxy) is 1. The van der Waals surface area contributed by atoms with Gasteiger partial charge in [-0.15, -0.1) is 0 Å². The molecule has 2 rings (SSSR count). The molecule has 0 aliphatic rings. The van der Waals surface area contributed by atoms with E-state index in [1.165, 1.54) is 12.8 Å². The van der Waals surface area contributed by atoms with Gasteiger partial charge in [0.15, 0.2) is 0 Å². The van der Waals surface area contributed by atoms with E-state index in [-0.39, 0.29) is 0 Å². The average molecular weight is 272 g/mol. The van der Waals surface area contributed by atoms with Crippen LogP contribution in [-0.4, -0.2) is 24.2 Å². The van der Waals surface area contributed by atoms with Crippen LogP contribution in [-0.2, 0) is 0 Å². The van der Waals surface area contributed by atoms with Crippen molar-refractivity contribution in [1.29, 1.82) is 0 Å². The smallest absolute Gasteiger partial charge is 0.128 e. The Labute approximate surface area is 121 Å². The molecule has 1 N–H and O–H groups in total. The highest BCUT2D eigenvalue weighted by Crippen LogP contribution is 2.23. The quantitative estimate of drug-likeness (QED) is 0.743. The van der Waals surface area contributed by atoms with E-state index in [1.54, 1.807) is 0 Å². The van der Waals surface area contributed by atoms with Crippen molar-refractivity contribution in [3.63, 3.8) is 0 Å². The van der Waals surface area contributed by atoms with Gasteiger partial charge in [0.25, 0.3) is 0 Å². The van der Waals surface area contributed by atoms with Crippen LogP contribution in [0.25, 0.3) is 10.9 Å². The minimum atomic E-state index is 0.578. The maximum atomic E-state index is 5.89. The maximum Gasteiger partial charge on any atom is 0.128 e. The third-order valence-corrected chi connectivity index (χ3v) is 3.24. The van der Waals surface area contributed by atoms with Crippen LogP contribution in [0.2, 0.25) is 0 Å². The van der Waals surface area contributed by atoms with Crippen molar-refractivity contribution in [2.45, 2.75) is 39.2 Å². The fraction of sp³-hybridized carbons (Fsp3) is 0.471. The Morgan fingerprint density at radius 3 is 2.85 bits per heavy atom. The Bertz CT molecular complexity index is 520. The fourth-order valence-corrected chi connectivity index (χ4v) is 2.18. The second kappa shape index (κ2) is 7.85. The Balaban J connectivity index is 1.73. The molecule has 0 aliphatic carbocycles. The van der Waals surface area contributed by atoms with Crippen molar-refractivity contribution in [2.24, 2.45) is 0 Å². The zero-order chi connectivity index (χ0) is 14.2. The zero-order valence-electron chi connectivity index (χ0n) is 12.4. The molecular formula is C17H24N2O. The van der Waals surface area contributed by atoms with Gasteiger partial charge in [-0.2, -0.15) is 0 Å². The Morgan fingerprint density at radius 2 is 2.00 bits per heavy atom. The molecule has 20 heavy (non-hydrogen) atoms. The Kier molecular flexibility index (Phi) is 5.81. The topological polar surface area (TPSA) is 34.1 Å². The van der Waals surface area contributed by atoms with Crippen LogP contribution in [0.15, 0.2) is 36.5 Å². The van der Waals surface area contributed by atoms with Crippen molar-refractivity contribution in [1.82, 2.24) is 10.3 Å². The van der Waals surface area contributed by atoms with E-state index in [2.05, 4.69) is 30.2 Å². The van der Waals surface area contributed by atoms with E-state index in [1.807, 2.05) is 30.5 Å². The Morgan fingerprint density at radius 1 is 1.10 bits per heavy atom. The van der Waals surface area contributed by atoms with Gasteiger partial charge in [0.05, 0.1) is 12.1 Å². The highest BCUT2D eigenvalue weighted by molar-refractivity contribution is 5.84. The molecule has 1 aromatic heterocycles. The first-order valence-corrected chi connectivity index (χ1v) is 7.47. The molecule has 0 amide bonds. The number of hydrogen-bond acceptors (Lipinski definition) is 3. The van der Waals surface area contributed by atoms with Crippen LogP contribution in [0.4, 0.5) is 0 Å². The molecule has 0 bridgehead atoms. The first kappa shape index (κ1) is 14.8. The Hall–Kier alpha value is -1.61. The monoisotopic (exact) mass is 272 g/mol. The van der Waals surface area contributed by atoms with E-state index in [0.717, 1.165) is 36.2 Å². The summed E-state index contributed by atoms with van der Waals surface area (Å²) in [6, 6.07) is 10.6. The van der Waals surface area contributed by atoms with Crippen LogP contribution < -0.4 is 10.1 Å². The van der Waals surface area contributed by atoms with Crippen molar-refractivity contribution in [2.75, 3.05) is 13.2 Å². The first-order chi connectivity index (χ1) is 9.77. The van der Waals surface area contributed by atoms with E-state index >= 15 is 0 Å². The third-order valence-electron chi connectivity index (χ3n) is 3.24. The minimum absolute atomic E-state index is 0.578. The van der Waals surface area contributed by atoms with E-state index in [4.69, 9.17) is 4.74 Å². The summed E-state index contributed by atoms with van der Waals surface area (Å²) in [6.07, 6.45) is 5.31. The molecule has 0 spiro atoms. The van der Waals surface area contributed by atoms with Crippen molar-refractivity contribution >= 4 is 10.9 Å². The van der Waals surface area contributed by atoms with Crippen LogP contribution in [0.5, 0.6) is 5.75 Å². The molecule has 1 aromatic carbocycles. The number of benzene rings is 1. The summed E-state index contributed by atoms with van der Waals surface area (Å²) < 4.78 is 5.89. The van der Waals surface area contributed by atoms with Gasteiger partial charge in [-0.05, 0) is 50.1 Å². The number of rotatable bonds is 8. The predicted molar refractivity (Wildman–Crippen MR) is 84.2 cm³/mol. The largest absolute Gasteiger partial charge is 0.493 e. The molecule has 108 valence electrons. The number of fused-ring (bicyclic) bond motifs is 1. The second-order valence-corrected chi connectivity index (χ2v) is 5.34. The number of nitrogens with zero attached hydrogens (tertiary/aromatic N) is 1. The van der Waals surface area contributed by atoms with Gasteiger partial charge in [-0.1, -0.05) is 19.9 Å². The number of hydrogen-bond donors (Lipinski definition) is 1. The van der Waals surface area contributed by atoms with Crippen LogP contribution in [0.1, 0.15) is 33.1 Å². The standard InChI is InChI=1S/C17H24N2O/c1-14(2)18-11-4-3-5-13-20-17-10-6-9-16-15(17)8-7-12-19-16/h6-10,12,14,18H,3-5,11,13H2,1-2H3. The van der Waals surface area contributed by atoms with Gasteiger partial charge in [0, 0.05) is 17.6 Å². The number of aromatic nitrogens is 1. The third kappa shape index (κ3) is 4.49. The highest BCUT2D eigenvalue weighted by Gasteiger charge is 2.01. The zero-order valence-corrected chi connectivity index (χ0v) is 12.4. The average Bonchev–Trinajstić information content (AvgIpc) is 2.46. The molecule has 0 atom stereocenters. The molecule has 1 heterocycles. The fourth-order valence-electron chi connectivity index (χ4n) is 2.18. The molecule has 3 nitrogen and oxygen atoms in total. The van der Waals surface area contributed by atoms with Gasteiger partial charge < -0.3 is 10.1 Å². The lowest BCUT2D eigenvalue weighted by Crippen LogP contribution is -2.23. The lowest BCUT2D eigenvalue weighted by molar-refractivity contribution is 0.308. The van der Waals surface area contributed by atoms with E-state index < -0.39 is 0 Å². The van der Waals surface area contributed by atoms with Gasteiger partial charge in [0.1, 0.15) is 5.75 Å². The summed E-state index contributed by atoms with van der Waals surface area (Å²) in [7, 11) is 0. The lowest BCUT2D eigenvalue weighted by Gasteiger charge is -2.10. The van der Waals surface area contributed by atoms with Gasteiger partial charge in [-0.25, -0.2) is 0 Å². The lowest BCUT2D eigenvalue weighted by atomic mass is 10.2. The molecule has 3 heteroatoms. The van der Waals surface area contributed by atoms with E-state index in [9.17, 15) is 0 Å². The first-order valence-electron chi connectivity index (χ1n) is 7.47. The minimum Gasteiger partial charge on any atom is -0.493 e. The maximum absolute atomic E-state index is 5.89. The summed E-state index contributed by atoms with van der Waals surface area (Å²) in [5, 5.41) is 4.52. The summed E-state index contributed by atoms with van der Waals surface area (Å²) in [4.78, 5) is 4.34. The molecule has 0 aliphatic heterocycles. The molecular weight excluding hydrogens is 248 g/mol. The van der Waals surface area contributed by atoms with Crippen molar-refractivity contribution < 1.29 is 4.74 Å². The van der Waals surface area contributed by atoms with Crippen molar-refractivity contribution in [3.05, 3.63) is 36.5 Å². The number of pyridine rings is 1.